The van der Waals surface area contributed by atoms with Crippen molar-refractivity contribution in [1.82, 2.24) is 15.1 Å². The summed E-state index contributed by atoms with van der Waals surface area (Å²) in [6, 6.07) is 9.99. The summed E-state index contributed by atoms with van der Waals surface area (Å²) < 4.78 is 41.0. The average molecular weight is 487 g/mol. The highest BCUT2D eigenvalue weighted by atomic mass is 19.4. The van der Waals surface area contributed by atoms with Crippen molar-refractivity contribution in [3.05, 3.63) is 70.9 Å². The Morgan fingerprint density at radius 3 is 2.40 bits per heavy atom. The van der Waals surface area contributed by atoms with Crippen LogP contribution >= 0.6 is 0 Å². The molecule has 1 unspecified atom stereocenters. The van der Waals surface area contributed by atoms with Gasteiger partial charge in [0.05, 0.1) is 29.4 Å². The van der Waals surface area contributed by atoms with Crippen molar-refractivity contribution < 1.29 is 27.6 Å². The molecule has 8 nitrogen and oxygen atoms in total. The smallest absolute Gasteiger partial charge is 0.378 e. The highest BCUT2D eigenvalue weighted by molar-refractivity contribution is 6.04. The Labute approximate surface area is 200 Å². The second-order valence-electron chi connectivity index (χ2n) is 8.54. The quantitative estimate of drug-likeness (QED) is 0.679. The van der Waals surface area contributed by atoms with Gasteiger partial charge in [0, 0.05) is 32.5 Å². The van der Waals surface area contributed by atoms with Gasteiger partial charge in [-0.15, -0.1) is 0 Å². The molecule has 2 N–H and O–H groups in total. The lowest BCUT2D eigenvalue weighted by molar-refractivity contribution is -0.138. The van der Waals surface area contributed by atoms with Gasteiger partial charge in [-0.3, -0.25) is 14.5 Å². The number of anilines is 2. The van der Waals surface area contributed by atoms with Gasteiger partial charge in [-0.05, 0) is 35.9 Å². The van der Waals surface area contributed by atoms with E-state index in [9.17, 15) is 27.6 Å². The molecule has 0 radical (unpaired) electrons. The number of alkyl halides is 3. The van der Waals surface area contributed by atoms with Crippen molar-refractivity contribution in [2.45, 2.75) is 12.2 Å². The van der Waals surface area contributed by atoms with Gasteiger partial charge in [0.25, 0.3) is 5.91 Å². The van der Waals surface area contributed by atoms with Gasteiger partial charge in [0.2, 0.25) is 5.91 Å². The van der Waals surface area contributed by atoms with Crippen LogP contribution in [0.25, 0.3) is 0 Å². The summed E-state index contributed by atoms with van der Waals surface area (Å²) in [5.74, 6) is -1.07. The second kappa shape index (κ2) is 8.97. The number of amides is 4. The summed E-state index contributed by atoms with van der Waals surface area (Å²) in [4.78, 5) is 42.7. The molecule has 2 aromatic carbocycles. The summed E-state index contributed by atoms with van der Waals surface area (Å²) in [5, 5.41) is 5.22. The molecule has 0 fully saturated rings. The molecule has 2 heterocycles. The van der Waals surface area contributed by atoms with Crippen molar-refractivity contribution in [2.75, 3.05) is 44.4 Å². The zero-order chi connectivity index (χ0) is 25.5. The maximum atomic E-state index is 13.7. The highest BCUT2D eigenvalue weighted by Crippen LogP contribution is 2.41. The lowest BCUT2D eigenvalue weighted by Gasteiger charge is -2.32. The van der Waals surface area contributed by atoms with Crippen molar-refractivity contribution in [1.29, 1.82) is 0 Å². The first kappa shape index (κ1) is 24.1. The largest absolute Gasteiger partial charge is 0.416 e. The highest BCUT2D eigenvalue weighted by Gasteiger charge is 2.46. The van der Waals surface area contributed by atoms with E-state index >= 15 is 0 Å². The number of nitrogens with one attached hydrogen (secondary N) is 2. The minimum absolute atomic E-state index is 0.0203. The summed E-state index contributed by atoms with van der Waals surface area (Å²) in [6.07, 6.45) is -4.67. The molecular formula is C24H24F3N5O3. The third-order valence-electron chi connectivity index (χ3n) is 6.01. The Balaban J connectivity index is 1.56. The first-order chi connectivity index (χ1) is 16.5. The maximum Gasteiger partial charge on any atom is 0.416 e. The van der Waals surface area contributed by atoms with E-state index in [-0.39, 0.29) is 29.9 Å². The lowest BCUT2D eigenvalue weighted by Crippen LogP contribution is -2.45. The molecule has 0 spiro atoms. The molecule has 2 aliphatic heterocycles. The number of hydrogen-bond acceptors (Lipinski definition) is 4. The third-order valence-corrected chi connectivity index (χ3v) is 6.01. The molecule has 2 aliphatic rings. The van der Waals surface area contributed by atoms with Crippen LogP contribution in [0.4, 0.5) is 29.3 Å². The normalized spacial score (nSPS) is 17.9. The fourth-order valence-electron chi connectivity index (χ4n) is 4.21. The number of carbonyl (C=O) groups is 3. The van der Waals surface area contributed by atoms with Crippen LogP contribution in [0.2, 0.25) is 0 Å². The molecule has 184 valence electrons. The van der Waals surface area contributed by atoms with Crippen LogP contribution in [-0.4, -0.2) is 61.9 Å². The number of halogens is 3. The SMILES string of the molecule is CN1C(=O)NC(c2ccccc2C(F)(F)F)C2=C1CN(CC(=O)Nc1ccc(N(C)C)cc1)C2=O. The molecule has 0 saturated heterocycles. The van der Waals surface area contributed by atoms with Gasteiger partial charge in [-0.2, -0.15) is 13.2 Å². The van der Waals surface area contributed by atoms with Crippen LogP contribution in [0.15, 0.2) is 59.8 Å². The van der Waals surface area contributed by atoms with E-state index in [0.717, 1.165) is 11.8 Å². The van der Waals surface area contributed by atoms with Crippen molar-refractivity contribution in [3.63, 3.8) is 0 Å². The molecule has 0 aliphatic carbocycles. The fraction of sp³-hybridized carbons (Fsp3) is 0.292. The molecule has 2 aromatic rings. The fourth-order valence-corrected chi connectivity index (χ4v) is 4.21. The van der Waals surface area contributed by atoms with E-state index in [4.69, 9.17) is 0 Å². The number of likely N-dealkylation sites (N-methyl/N-ethyl adjacent to an activating group) is 1. The van der Waals surface area contributed by atoms with E-state index in [0.29, 0.717) is 5.69 Å². The van der Waals surface area contributed by atoms with Gasteiger partial charge in [-0.1, -0.05) is 18.2 Å². The summed E-state index contributed by atoms with van der Waals surface area (Å²) in [6.45, 7) is -0.396. The van der Waals surface area contributed by atoms with Crippen molar-refractivity contribution in [3.8, 4) is 0 Å². The summed E-state index contributed by atoms with van der Waals surface area (Å²) in [5.41, 5.74) is 0.605. The van der Waals surface area contributed by atoms with Gasteiger partial charge in [0.15, 0.2) is 0 Å². The summed E-state index contributed by atoms with van der Waals surface area (Å²) >= 11 is 0. The molecular weight excluding hydrogens is 463 g/mol. The Kier molecular flexibility index (Phi) is 6.18. The predicted octanol–water partition coefficient (Wildman–Crippen LogP) is 3.20. The van der Waals surface area contributed by atoms with Crippen LogP contribution in [0.5, 0.6) is 0 Å². The monoisotopic (exact) mass is 487 g/mol. The molecule has 1 atom stereocenters. The number of rotatable bonds is 5. The zero-order valence-corrected chi connectivity index (χ0v) is 19.3. The number of urea groups is 1. The minimum Gasteiger partial charge on any atom is -0.378 e. The number of nitrogens with zero attached hydrogens (tertiary/aromatic N) is 3. The second-order valence-corrected chi connectivity index (χ2v) is 8.54. The number of benzene rings is 2. The first-order valence-electron chi connectivity index (χ1n) is 10.8. The molecule has 35 heavy (non-hydrogen) atoms. The van der Waals surface area contributed by atoms with E-state index in [1.165, 1.54) is 35.0 Å². The molecule has 11 heteroatoms. The molecule has 0 aromatic heterocycles. The summed E-state index contributed by atoms with van der Waals surface area (Å²) in [7, 11) is 5.20. The minimum atomic E-state index is -4.67. The number of carbonyl (C=O) groups excluding carboxylic acids is 3. The van der Waals surface area contributed by atoms with Gasteiger partial charge in [0.1, 0.15) is 6.54 Å². The standard InChI is InChI=1S/C24H24F3N5O3/c1-30(2)15-10-8-14(9-11-15)28-19(33)13-32-12-18-20(22(32)34)21(29-23(35)31(18)3)16-6-4-5-7-17(16)24(25,26)27/h4-11,21H,12-13H2,1-3H3,(H,28,33)(H,29,35). The predicted molar refractivity (Wildman–Crippen MR) is 123 cm³/mol. The molecule has 4 rings (SSSR count). The first-order valence-corrected chi connectivity index (χ1v) is 10.8. The Morgan fingerprint density at radius 2 is 1.77 bits per heavy atom. The van der Waals surface area contributed by atoms with Crippen LogP contribution in [0, 0.1) is 0 Å². The van der Waals surface area contributed by atoms with Gasteiger partial charge >= 0.3 is 12.2 Å². The van der Waals surface area contributed by atoms with Crippen LogP contribution < -0.4 is 15.5 Å². The Hall–Kier alpha value is -4.02. The maximum absolute atomic E-state index is 13.7. The van der Waals surface area contributed by atoms with Crippen molar-refractivity contribution >= 4 is 29.2 Å². The number of hydrogen-bond donors (Lipinski definition) is 2. The van der Waals surface area contributed by atoms with Gasteiger partial charge < -0.3 is 20.4 Å². The van der Waals surface area contributed by atoms with E-state index in [1.54, 1.807) is 12.1 Å². The molecule has 0 saturated carbocycles. The molecule has 0 bridgehead atoms. The van der Waals surface area contributed by atoms with Gasteiger partial charge in [-0.25, -0.2) is 4.79 Å². The van der Waals surface area contributed by atoms with E-state index in [1.807, 2.05) is 31.1 Å². The molecule has 4 amide bonds. The topological polar surface area (TPSA) is 85.0 Å². The lowest BCUT2D eigenvalue weighted by atomic mass is 9.92. The van der Waals surface area contributed by atoms with Crippen LogP contribution in [0.3, 0.4) is 0 Å². The zero-order valence-electron chi connectivity index (χ0n) is 19.3. The van der Waals surface area contributed by atoms with E-state index < -0.39 is 35.6 Å². The average Bonchev–Trinajstić information content (AvgIpc) is 3.12. The Bertz CT molecular complexity index is 1210. The third kappa shape index (κ3) is 4.66. The Morgan fingerprint density at radius 1 is 1.11 bits per heavy atom. The van der Waals surface area contributed by atoms with Crippen molar-refractivity contribution in [2.24, 2.45) is 0 Å². The van der Waals surface area contributed by atoms with Crippen LogP contribution in [-0.2, 0) is 15.8 Å². The van der Waals surface area contributed by atoms with E-state index in [2.05, 4.69) is 10.6 Å². The van der Waals surface area contributed by atoms with Crippen LogP contribution in [0.1, 0.15) is 17.2 Å².